The van der Waals surface area contributed by atoms with Crippen LogP contribution in [0.2, 0.25) is 15.1 Å². The highest BCUT2D eigenvalue weighted by Gasteiger charge is 2.11. The lowest BCUT2D eigenvalue weighted by atomic mass is 10.2. The molecule has 0 fully saturated rings. The molecule has 1 amide bonds. The van der Waals surface area contributed by atoms with Crippen molar-refractivity contribution in [1.82, 2.24) is 0 Å². The summed E-state index contributed by atoms with van der Waals surface area (Å²) in [7, 11) is 0. The molecular weight excluding hydrogens is 347 g/mol. The number of rotatable bonds is 4. The summed E-state index contributed by atoms with van der Waals surface area (Å²) in [4.78, 5) is 11.9. The van der Waals surface area contributed by atoms with Crippen LogP contribution >= 0.6 is 34.8 Å². The summed E-state index contributed by atoms with van der Waals surface area (Å²) in [5.74, 6) is 0.0599. The third kappa shape index (κ3) is 4.19. The molecule has 0 aliphatic rings. The summed E-state index contributed by atoms with van der Waals surface area (Å²) in [5, 5.41) is 4.00. The minimum absolute atomic E-state index is 0.204. The zero-order valence-corrected chi connectivity index (χ0v) is 13.9. The number of ether oxygens (including phenoxy) is 1. The summed E-state index contributed by atoms with van der Waals surface area (Å²) in [6, 6.07) is 8.07. The summed E-state index contributed by atoms with van der Waals surface area (Å²) in [5.41, 5.74) is 7.36. The number of aryl methyl sites for hydroxylation is 1. The quantitative estimate of drug-likeness (QED) is 0.787. The molecule has 0 saturated heterocycles. The Morgan fingerprint density at radius 1 is 1.18 bits per heavy atom. The number of halogens is 3. The Balaban J connectivity index is 2.02. The second-order valence-corrected chi connectivity index (χ2v) is 5.88. The summed E-state index contributed by atoms with van der Waals surface area (Å²) >= 11 is 17.7. The van der Waals surface area contributed by atoms with Gasteiger partial charge in [-0.2, -0.15) is 0 Å². The minimum Gasteiger partial charge on any atom is -0.482 e. The Labute approximate surface area is 143 Å². The number of anilines is 2. The van der Waals surface area contributed by atoms with Gasteiger partial charge in [-0.15, -0.1) is 0 Å². The van der Waals surface area contributed by atoms with Gasteiger partial charge < -0.3 is 15.8 Å². The average molecular weight is 360 g/mol. The SMILES string of the molecule is Cc1cc(Cl)cc(Cl)c1OCC(=O)Nc1ccc(Cl)cc1N. The van der Waals surface area contributed by atoms with Gasteiger partial charge in [0.05, 0.1) is 16.4 Å². The van der Waals surface area contributed by atoms with E-state index in [1.807, 2.05) is 0 Å². The molecule has 2 rings (SSSR count). The molecule has 0 spiro atoms. The molecule has 0 heterocycles. The van der Waals surface area contributed by atoms with Gasteiger partial charge in [0.1, 0.15) is 5.75 Å². The highest BCUT2D eigenvalue weighted by Crippen LogP contribution is 2.31. The van der Waals surface area contributed by atoms with E-state index in [1.165, 1.54) is 0 Å². The highest BCUT2D eigenvalue weighted by molar-refractivity contribution is 6.35. The number of nitrogen functional groups attached to an aromatic ring is 1. The number of carbonyl (C=O) groups is 1. The van der Waals surface area contributed by atoms with Gasteiger partial charge in [-0.25, -0.2) is 0 Å². The average Bonchev–Trinajstić information content (AvgIpc) is 2.40. The van der Waals surface area contributed by atoms with Crippen molar-refractivity contribution in [2.45, 2.75) is 6.92 Å². The minimum atomic E-state index is -0.362. The number of nitrogens with one attached hydrogen (secondary N) is 1. The topological polar surface area (TPSA) is 64.3 Å². The van der Waals surface area contributed by atoms with Gasteiger partial charge in [0.2, 0.25) is 0 Å². The van der Waals surface area contributed by atoms with Crippen molar-refractivity contribution >= 4 is 52.1 Å². The van der Waals surface area contributed by atoms with Crippen LogP contribution in [-0.4, -0.2) is 12.5 Å². The number of carbonyl (C=O) groups excluding carboxylic acids is 1. The first-order valence-corrected chi connectivity index (χ1v) is 7.43. The molecule has 0 aromatic heterocycles. The second kappa shape index (κ2) is 7.09. The molecule has 0 unspecified atom stereocenters. The number of benzene rings is 2. The number of hydrogen-bond donors (Lipinski definition) is 2. The maximum Gasteiger partial charge on any atom is 0.262 e. The zero-order chi connectivity index (χ0) is 16.3. The van der Waals surface area contributed by atoms with E-state index in [4.69, 9.17) is 45.3 Å². The third-order valence-electron chi connectivity index (χ3n) is 2.83. The van der Waals surface area contributed by atoms with E-state index in [1.54, 1.807) is 37.3 Å². The number of amides is 1. The first kappa shape index (κ1) is 16.7. The summed E-state index contributed by atoms with van der Waals surface area (Å²) in [6.45, 7) is 1.59. The summed E-state index contributed by atoms with van der Waals surface area (Å²) < 4.78 is 5.45. The van der Waals surface area contributed by atoms with Crippen molar-refractivity contribution in [2.24, 2.45) is 0 Å². The lowest BCUT2D eigenvalue weighted by Crippen LogP contribution is -2.21. The predicted molar refractivity (Wildman–Crippen MR) is 91.2 cm³/mol. The molecule has 0 atom stereocenters. The maximum absolute atomic E-state index is 11.9. The van der Waals surface area contributed by atoms with Gasteiger partial charge in [0.25, 0.3) is 5.91 Å². The molecule has 3 N–H and O–H groups in total. The van der Waals surface area contributed by atoms with Crippen molar-refractivity contribution in [1.29, 1.82) is 0 Å². The van der Waals surface area contributed by atoms with Gasteiger partial charge in [-0.05, 0) is 42.8 Å². The molecule has 2 aromatic rings. The van der Waals surface area contributed by atoms with Crippen LogP contribution in [0.15, 0.2) is 30.3 Å². The van der Waals surface area contributed by atoms with Crippen LogP contribution in [0.1, 0.15) is 5.56 Å². The smallest absolute Gasteiger partial charge is 0.262 e. The molecule has 0 bridgehead atoms. The first-order chi connectivity index (χ1) is 10.4. The molecule has 4 nitrogen and oxygen atoms in total. The Hall–Kier alpha value is -1.62. The van der Waals surface area contributed by atoms with E-state index in [-0.39, 0.29) is 12.5 Å². The Morgan fingerprint density at radius 2 is 1.91 bits per heavy atom. The van der Waals surface area contributed by atoms with Crippen LogP contribution in [-0.2, 0) is 4.79 Å². The van der Waals surface area contributed by atoms with E-state index in [2.05, 4.69) is 5.32 Å². The lowest BCUT2D eigenvalue weighted by molar-refractivity contribution is -0.118. The molecular formula is C15H13Cl3N2O2. The Kier molecular flexibility index (Phi) is 5.40. The van der Waals surface area contributed by atoms with Gasteiger partial charge in [0, 0.05) is 10.0 Å². The van der Waals surface area contributed by atoms with Crippen LogP contribution in [0.3, 0.4) is 0 Å². The zero-order valence-electron chi connectivity index (χ0n) is 11.6. The van der Waals surface area contributed by atoms with E-state index in [0.29, 0.717) is 32.2 Å². The van der Waals surface area contributed by atoms with Gasteiger partial charge in [-0.1, -0.05) is 34.8 Å². The highest BCUT2D eigenvalue weighted by atomic mass is 35.5. The van der Waals surface area contributed by atoms with Crippen molar-refractivity contribution in [3.8, 4) is 5.75 Å². The van der Waals surface area contributed by atoms with E-state index < -0.39 is 0 Å². The van der Waals surface area contributed by atoms with Crippen LogP contribution in [0.25, 0.3) is 0 Å². The van der Waals surface area contributed by atoms with Crippen molar-refractivity contribution in [3.05, 3.63) is 51.0 Å². The van der Waals surface area contributed by atoms with E-state index in [0.717, 1.165) is 5.56 Å². The van der Waals surface area contributed by atoms with Crippen LogP contribution < -0.4 is 15.8 Å². The lowest BCUT2D eigenvalue weighted by Gasteiger charge is -2.12. The fourth-order valence-electron chi connectivity index (χ4n) is 1.84. The van der Waals surface area contributed by atoms with Gasteiger partial charge >= 0.3 is 0 Å². The third-order valence-corrected chi connectivity index (χ3v) is 3.56. The molecule has 0 aliphatic heterocycles. The van der Waals surface area contributed by atoms with E-state index in [9.17, 15) is 4.79 Å². The number of nitrogens with two attached hydrogens (primary N) is 1. The van der Waals surface area contributed by atoms with Crippen molar-refractivity contribution in [3.63, 3.8) is 0 Å². The fraction of sp³-hybridized carbons (Fsp3) is 0.133. The Morgan fingerprint density at radius 3 is 2.55 bits per heavy atom. The van der Waals surface area contributed by atoms with Crippen LogP contribution in [0.4, 0.5) is 11.4 Å². The fourth-order valence-corrected chi connectivity index (χ4v) is 2.67. The largest absolute Gasteiger partial charge is 0.482 e. The van der Waals surface area contributed by atoms with Crippen molar-refractivity contribution in [2.75, 3.05) is 17.7 Å². The standard InChI is InChI=1S/C15H13Cl3N2O2/c1-8-4-10(17)5-11(18)15(8)22-7-14(21)20-13-3-2-9(16)6-12(13)19/h2-6H,7,19H2,1H3,(H,20,21). The molecule has 2 aromatic carbocycles. The number of hydrogen-bond acceptors (Lipinski definition) is 3. The second-order valence-electron chi connectivity index (χ2n) is 4.60. The summed E-state index contributed by atoms with van der Waals surface area (Å²) in [6.07, 6.45) is 0. The van der Waals surface area contributed by atoms with Crippen molar-refractivity contribution < 1.29 is 9.53 Å². The van der Waals surface area contributed by atoms with E-state index >= 15 is 0 Å². The molecule has 0 radical (unpaired) electrons. The Bertz CT molecular complexity index is 697. The molecule has 116 valence electrons. The molecule has 0 saturated carbocycles. The van der Waals surface area contributed by atoms with Gasteiger partial charge in [-0.3, -0.25) is 4.79 Å². The van der Waals surface area contributed by atoms with Crippen LogP contribution in [0.5, 0.6) is 5.75 Å². The maximum atomic E-state index is 11.9. The molecule has 22 heavy (non-hydrogen) atoms. The first-order valence-electron chi connectivity index (χ1n) is 6.30. The normalized spacial score (nSPS) is 10.4. The van der Waals surface area contributed by atoms with Crippen LogP contribution in [0, 0.1) is 6.92 Å². The monoisotopic (exact) mass is 358 g/mol. The molecule has 0 aliphatic carbocycles. The predicted octanol–water partition coefficient (Wildman–Crippen LogP) is 4.55. The van der Waals surface area contributed by atoms with Gasteiger partial charge in [0.15, 0.2) is 6.61 Å². The molecule has 7 heteroatoms.